The summed E-state index contributed by atoms with van der Waals surface area (Å²) in [6.45, 7) is 28.6. The van der Waals surface area contributed by atoms with Gasteiger partial charge in [-0.2, -0.15) is 0 Å². The van der Waals surface area contributed by atoms with Crippen LogP contribution in [-0.4, -0.2) is 6.85 Å². The highest BCUT2D eigenvalue weighted by Crippen LogP contribution is 2.56. The van der Waals surface area contributed by atoms with Crippen LogP contribution in [0.5, 0.6) is 0 Å². The molecule has 2 aliphatic heterocycles. The van der Waals surface area contributed by atoms with Crippen molar-refractivity contribution in [2.75, 3.05) is 9.71 Å². The van der Waals surface area contributed by atoms with Crippen molar-refractivity contribution in [2.45, 2.75) is 136 Å². The molecule has 0 saturated carbocycles. The van der Waals surface area contributed by atoms with E-state index in [2.05, 4.69) is 208 Å². The average Bonchev–Trinajstić information content (AvgIpc) is 3.65. The fourth-order valence-corrected chi connectivity index (χ4v) is 12.6. The minimum absolute atomic E-state index is 0.0294. The Morgan fingerprint density at radius 1 is 0.538 bits per heavy atom. The van der Waals surface area contributed by atoms with E-state index in [4.69, 9.17) is 4.42 Å². The summed E-state index contributed by atoms with van der Waals surface area (Å²) in [5.41, 5.74) is 20.6. The molecule has 2 aliphatic carbocycles. The van der Waals surface area contributed by atoms with Crippen molar-refractivity contribution in [3.8, 4) is 11.1 Å². The van der Waals surface area contributed by atoms with Crippen LogP contribution in [-0.2, 0) is 27.1 Å². The quantitative estimate of drug-likeness (QED) is 0.162. The monoisotopic (exact) mass is 851 g/mol. The Hall–Kier alpha value is -5.74. The minimum atomic E-state index is -0.233. The smallest absolute Gasteiger partial charge is 0.375 e. The van der Waals surface area contributed by atoms with Crippen molar-refractivity contribution in [1.82, 2.24) is 0 Å². The molecule has 3 nitrogen and oxygen atoms in total. The van der Waals surface area contributed by atoms with Crippen LogP contribution >= 0.6 is 0 Å². The van der Waals surface area contributed by atoms with Gasteiger partial charge in [-0.25, -0.2) is 0 Å². The van der Waals surface area contributed by atoms with E-state index in [-0.39, 0.29) is 33.9 Å². The second-order valence-electron chi connectivity index (χ2n) is 23.9. The second-order valence-corrected chi connectivity index (χ2v) is 23.9. The molecule has 0 bridgehead atoms. The van der Waals surface area contributed by atoms with Gasteiger partial charge in [0.05, 0.1) is 11.4 Å². The number of hydrogen-bond donors (Lipinski definition) is 0. The first-order valence-corrected chi connectivity index (χ1v) is 24.3. The number of furan rings is 1. The highest BCUT2D eigenvalue weighted by atomic mass is 16.3. The Bertz CT molecular complexity index is 3340. The van der Waals surface area contributed by atoms with Gasteiger partial charge >= 0.3 is 6.85 Å². The highest BCUT2D eigenvalue weighted by Gasteiger charge is 2.51. The summed E-state index contributed by atoms with van der Waals surface area (Å²) in [5, 5.41) is 6.23. The number of hydrogen-bond acceptors (Lipinski definition) is 3. The van der Waals surface area contributed by atoms with E-state index in [1.54, 1.807) is 0 Å². The summed E-state index contributed by atoms with van der Waals surface area (Å²) >= 11 is 0. The SMILES string of the molecule is Cc1cc2c(cc1N1c3c4c(cc5ccccc35)-c3c(ccc5ccccc35)N(c3ccc(C(C)(C)C)cc3)B4c3oc4cc5c(cc4c31)C(C)(C)CCC5(C)C)C(C)(C)CCC2(C)C. The standard InChI is InChI=1S/C61H63BN2O/c1-36-31-45-47(60(9,10)29-27-58(45,5)6)34-50(36)63-54-42-20-16-14-18-38(42)32-44-52-41-19-15-13-17-37(41)21-26-49(52)64(40-24-22-39(23-25-40)57(2,3)4)62(53(44)54)56-55(63)43-33-46-48(35-51(43)65-56)61(11,12)30-28-59(46,7)8/h13-26,31-35H,27-30H2,1-12H3. The van der Waals surface area contributed by atoms with Crippen LogP contribution in [0.4, 0.5) is 28.4 Å². The lowest BCUT2D eigenvalue weighted by molar-refractivity contribution is 0.332. The van der Waals surface area contributed by atoms with Crippen molar-refractivity contribution in [1.29, 1.82) is 0 Å². The molecule has 0 unspecified atom stereocenters. The highest BCUT2D eigenvalue weighted by molar-refractivity contribution is 6.93. The van der Waals surface area contributed by atoms with E-state index >= 15 is 0 Å². The van der Waals surface area contributed by atoms with Gasteiger partial charge in [0.1, 0.15) is 11.2 Å². The number of rotatable bonds is 2. The zero-order valence-corrected chi connectivity index (χ0v) is 40.7. The average molecular weight is 851 g/mol. The van der Waals surface area contributed by atoms with Crippen LogP contribution in [0, 0.1) is 6.92 Å². The molecule has 7 aromatic carbocycles. The van der Waals surface area contributed by atoms with E-state index in [0.717, 1.165) is 30.5 Å². The number of aryl methyl sites for hydroxylation is 1. The van der Waals surface area contributed by atoms with Crippen molar-refractivity contribution >= 4 is 78.9 Å². The molecule has 0 saturated heterocycles. The molecule has 0 amide bonds. The van der Waals surface area contributed by atoms with Crippen LogP contribution in [0.1, 0.15) is 135 Å². The normalized spacial score (nSPS) is 18.6. The summed E-state index contributed by atoms with van der Waals surface area (Å²) in [7, 11) is 0. The van der Waals surface area contributed by atoms with Crippen molar-refractivity contribution < 1.29 is 4.42 Å². The van der Waals surface area contributed by atoms with E-state index in [9.17, 15) is 0 Å². The summed E-state index contributed by atoms with van der Waals surface area (Å²) in [6, 6.07) is 44.9. The van der Waals surface area contributed by atoms with Gasteiger partial charge in [-0.3, -0.25) is 0 Å². The molecule has 0 atom stereocenters. The van der Waals surface area contributed by atoms with E-state index in [0.29, 0.717) is 0 Å². The predicted molar refractivity (Wildman–Crippen MR) is 279 cm³/mol. The maximum absolute atomic E-state index is 7.71. The fourth-order valence-electron chi connectivity index (χ4n) is 12.6. The number of nitrogens with zero attached hydrogens (tertiary/aromatic N) is 2. The third kappa shape index (κ3) is 5.74. The number of fused-ring (bicyclic) bond motifs is 12. The fraction of sp³-hybridized carbons (Fsp3) is 0.344. The maximum atomic E-state index is 7.71. The molecule has 0 fully saturated rings. The maximum Gasteiger partial charge on any atom is 0.375 e. The number of benzene rings is 7. The van der Waals surface area contributed by atoms with Gasteiger partial charge in [-0.05, 0) is 163 Å². The molecule has 326 valence electrons. The summed E-state index contributed by atoms with van der Waals surface area (Å²) in [4.78, 5) is 5.32. The molecule has 3 heterocycles. The molecule has 0 N–H and O–H groups in total. The third-order valence-corrected chi connectivity index (χ3v) is 16.8. The summed E-state index contributed by atoms with van der Waals surface area (Å²) in [5.74, 6) is 0. The van der Waals surface area contributed by atoms with E-state index < -0.39 is 0 Å². The van der Waals surface area contributed by atoms with Crippen LogP contribution in [0.3, 0.4) is 0 Å². The molecule has 1 aromatic heterocycles. The Morgan fingerprint density at radius 3 is 1.75 bits per heavy atom. The van der Waals surface area contributed by atoms with Gasteiger partial charge in [0.25, 0.3) is 0 Å². The van der Waals surface area contributed by atoms with Crippen LogP contribution in [0.15, 0.2) is 120 Å². The zero-order chi connectivity index (χ0) is 45.3. The Kier molecular flexibility index (Phi) is 8.28. The van der Waals surface area contributed by atoms with Crippen LogP contribution in [0.2, 0.25) is 0 Å². The molecule has 4 aliphatic rings. The summed E-state index contributed by atoms with van der Waals surface area (Å²) < 4.78 is 7.71. The van der Waals surface area contributed by atoms with Gasteiger partial charge in [0, 0.05) is 33.4 Å². The second kappa shape index (κ2) is 13.2. The third-order valence-electron chi connectivity index (χ3n) is 16.8. The first-order chi connectivity index (χ1) is 30.7. The molecule has 4 heteroatoms. The predicted octanol–water partition coefficient (Wildman–Crippen LogP) is 15.8. The van der Waals surface area contributed by atoms with Crippen molar-refractivity contribution in [3.05, 3.63) is 149 Å². The lowest BCUT2D eigenvalue weighted by atomic mass is 9.45. The van der Waals surface area contributed by atoms with Gasteiger partial charge < -0.3 is 14.1 Å². The number of anilines is 5. The Balaban J connectivity index is 1.27. The molecular weight excluding hydrogens is 787 g/mol. The van der Waals surface area contributed by atoms with Gasteiger partial charge in [-0.1, -0.05) is 149 Å². The summed E-state index contributed by atoms with van der Waals surface area (Å²) in [6.07, 6.45) is 4.64. The Morgan fingerprint density at radius 2 is 1.11 bits per heavy atom. The molecule has 65 heavy (non-hydrogen) atoms. The van der Waals surface area contributed by atoms with Crippen LogP contribution in [0.25, 0.3) is 43.6 Å². The topological polar surface area (TPSA) is 19.6 Å². The Labute approximate surface area is 387 Å². The van der Waals surface area contributed by atoms with Crippen molar-refractivity contribution in [2.24, 2.45) is 0 Å². The van der Waals surface area contributed by atoms with Crippen LogP contribution < -0.4 is 20.8 Å². The molecule has 0 spiro atoms. The molecule has 8 aromatic rings. The van der Waals surface area contributed by atoms with Gasteiger partial charge in [-0.15, -0.1) is 0 Å². The zero-order valence-electron chi connectivity index (χ0n) is 40.7. The van der Waals surface area contributed by atoms with E-state index in [1.165, 1.54) is 112 Å². The first kappa shape index (κ1) is 40.8. The minimum Gasteiger partial charge on any atom is -0.466 e. The molecule has 12 rings (SSSR count). The largest absolute Gasteiger partial charge is 0.466 e. The van der Waals surface area contributed by atoms with Gasteiger partial charge in [0.15, 0.2) is 0 Å². The molecular formula is C61H63BN2O. The first-order valence-electron chi connectivity index (χ1n) is 24.3. The van der Waals surface area contributed by atoms with Gasteiger partial charge in [0.2, 0.25) is 0 Å². The van der Waals surface area contributed by atoms with E-state index in [1.807, 2.05) is 0 Å². The molecule has 0 radical (unpaired) electrons. The lowest BCUT2D eigenvalue weighted by Crippen LogP contribution is -2.61. The van der Waals surface area contributed by atoms with Crippen molar-refractivity contribution in [3.63, 3.8) is 0 Å². The lowest BCUT2D eigenvalue weighted by Gasteiger charge is -2.46.